The first-order valence-corrected chi connectivity index (χ1v) is 9.27. The number of fused-ring (bicyclic) bond motifs is 1. The molecule has 4 rings (SSSR count). The van der Waals surface area contributed by atoms with Crippen molar-refractivity contribution in [2.75, 3.05) is 5.32 Å². The van der Waals surface area contributed by atoms with E-state index in [1.807, 2.05) is 41.0 Å². The monoisotopic (exact) mass is 363 g/mol. The maximum Gasteiger partial charge on any atom is 0.277 e. The molecule has 0 bridgehead atoms. The Morgan fingerprint density at radius 3 is 2.77 bits per heavy atom. The van der Waals surface area contributed by atoms with Gasteiger partial charge in [-0.2, -0.15) is 0 Å². The molecule has 0 aliphatic carbocycles. The van der Waals surface area contributed by atoms with E-state index >= 15 is 0 Å². The van der Waals surface area contributed by atoms with Crippen LogP contribution in [0.1, 0.15) is 23.8 Å². The third-order valence-electron chi connectivity index (χ3n) is 3.99. The summed E-state index contributed by atoms with van der Waals surface area (Å²) in [6, 6.07) is 11.6. The molecule has 0 aliphatic rings. The first-order chi connectivity index (χ1) is 12.8. The van der Waals surface area contributed by atoms with Gasteiger partial charge in [0.1, 0.15) is 10.7 Å². The molecule has 26 heavy (non-hydrogen) atoms. The van der Waals surface area contributed by atoms with E-state index in [1.165, 1.54) is 11.3 Å². The summed E-state index contributed by atoms with van der Waals surface area (Å²) >= 11 is 1.43. The van der Waals surface area contributed by atoms with Gasteiger partial charge in [-0.05, 0) is 30.7 Å². The minimum absolute atomic E-state index is 0.255. The summed E-state index contributed by atoms with van der Waals surface area (Å²) in [6.45, 7) is 2.89. The molecule has 0 aliphatic heterocycles. The van der Waals surface area contributed by atoms with Crippen molar-refractivity contribution in [2.45, 2.75) is 19.9 Å². The highest BCUT2D eigenvalue weighted by atomic mass is 32.1. The summed E-state index contributed by atoms with van der Waals surface area (Å²) < 4.78 is 2.03. The molecule has 0 radical (unpaired) electrons. The lowest BCUT2D eigenvalue weighted by Gasteiger charge is -2.07. The minimum atomic E-state index is -0.255. The zero-order valence-corrected chi connectivity index (χ0v) is 15.0. The van der Waals surface area contributed by atoms with Gasteiger partial charge in [0, 0.05) is 29.9 Å². The largest absolute Gasteiger partial charge is 0.310 e. The number of hydrogen-bond donors (Lipinski definition) is 1. The molecule has 0 unspecified atom stereocenters. The van der Waals surface area contributed by atoms with E-state index in [1.54, 1.807) is 17.8 Å². The fraction of sp³-hybridized carbons (Fsp3) is 0.158. The lowest BCUT2D eigenvalue weighted by atomic mass is 10.3. The Bertz CT molecular complexity index is 1050. The van der Waals surface area contributed by atoms with Gasteiger partial charge < -0.3 is 4.57 Å². The number of carbonyl (C=O) groups excluding carboxylic acids is 1. The second-order valence-electron chi connectivity index (χ2n) is 5.80. The van der Waals surface area contributed by atoms with Crippen LogP contribution in [0.4, 0.5) is 5.95 Å². The van der Waals surface area contributed by atoms with Gasteiger partial charge in [0.25, 0.3) is 5.91 Å². The van der Waals surface area contributed by atoms with Crippen molar-refractivity contribution in [3.63, 3.8) is 0 Å². The molecule has 130 valence electrons. The number of aryl methyl sites for hydroxylation is 1. The Hall–Kier alpha value is -3.06. The van der Waals surface area contributed by atoms with E-state index in [9.17, 15) is 4.79 Å². The fourth-order valence-corrected chi connectivity index (χ4v) is 3.60. The molecule has 0 saturated heterocycles. The van der Waals surface area contributed by atoms with Gasteiger partial charge in [-0.25, -0.2) is 9.97 Å². The smallest absolute Gasteiger partial charge is 0.277 e. The summed E-state index contributed by atoms with van der Waals surface area (Å²) in [6.07, 6.45) is 4.37. The number of benzene rings is 1. The molecule has 7 heteroatoms. The van der Waals surface area contributed by atoms with Gasteiger partial charge in [-0.3, -0.25) is 15.1 Å². The van der Waals surface area contributed by atoms with Gasteiger partial charge in [0.2, 0.25) is 5.95 Å². The Balaban J connectivity index is 1.62. The minimum Gasteiger partial charge on any atom is -0.310 e. The number of anilines is 1. The number of nitrogens with one attached hydrogen (secondary N) is 1. The molecule has 3 aromatic heterocycles. The van der Waals surface area contributed by atoms with Gasteiger partial charge in [-0.15, -0.1) is 11.3 Å². The summed E-state index contributed by atoms with van der Waals surface area (Å²) in [4.78, 5) is 25.7. The zero-order valence-electron chi connectivity index (χ0n) is 14.2. The molecule has 1 amide bonds. The van der Waals surface area contributed by atoms with Crippen molar-refractivity contribution in [3.8, 4) is 10.6 Å². The number of rotatable bonds is 5. The molecule has 0 spiro atoms. The van der Waals surface area contributed by atoms with Crippen LogP contribution in [0.2, 0.25) is 0 Å². The molecule has 3 heterocycles. The van der Waals surface area contributed by atoms with E-state index in [2.05, 4.69) is 27.2 Å². The Labute approximate surface area is 154 Å². The van der Waals surface area contributed by atoms with E-state index < -0.39 is 0 Å². The van der Waals surface area contributed by atoms with Crippen LogP contribution >= 0.6 is 11.3 Å². The fourth-order valence-electron chi connectivity index (χ4n) is 2.79. The first kappa shape index (κ1) is 16.4. The summed E-state index contributed by atoms with van der Waals surface area (Å²) in [5.41, 5.74) is 3.21. The molecule has 0 saturated carbocycles. The van der Waals surface area contributed by atoms with Gasteiger partial charge >= 0.3 is 0 Å². The van der Waals surface area contributed by atoms with Crippen molar-refractivity contribution in [3.05, 3.63) is 59.9 Å². The second-order valence-corrected chi connectivity index (χ2v) is 6.66. The van der Waals surface area contributed by atoms with Crippen LogP contribution in [0.3, 0.4) is 0 Å². The van der Waals surface area contributed by atoms with Crippen LogP contribution in [-0.2, 0) is 6.54 Å². The molecular weight excluding hydrogens is 346 g/mol. The topological polar surface area (TPSA) is 72.7 Å². The number of hydrogen-bond acceptors (Lipinski definition) is 5. The van der Waals surface area contributed by atoms with E-state index in [0.29, 0.717) is 11.6 Å². The van der Waals surface area contributed by atoms with Gasteiger partial charge in [-0.1, -0.05) is 19.1 Å². The summed E-state index contributed by atoms with van der Waals surface area (Å²) in [5.74, 6) is 0.297. The Morgan fingerprint density at radius 2 is 1.96 bits per heavy atom. The highest BCUT2D eigenvalue weighted by molar-refractivity contribution is 7.13. The van der Waals surface area contributed by atoms with E-state index in [-0.39, 0.29) is 5.91 Å². The van der Waals surface area contributed by atoms with Crippen LogP contribution < -0.4 is 5.32 Å². The number of imidazole rings is 1. The highest BCUT2D eigenvalue weighted by Crippen LogP contribution is 2.24. The standard InChI is InChI=1S/C19H17N5OS/c1-2-11-24-16-6-4-3-5-14(16)22-19(24)23-17(25)15-12-26-18(21-15)13-7-9-20-10-8-13/h3-10,12H,2,11H2,1H3,(H,22,23,25). The lowest BCUT2D eigenvalue weighted by molar-refractivity contribution is 0.102. The molecule has 6 nitrogen and oxygen atoms in total. The molecular formula is C19H17N5OS. The predicted octanol–water partition coefficient (Wildman–Crippen LogP) is 4.22. The van der Waals surface area contributed by atoms with Gasteiger partial charge in [0.05, 0.1) is 11.0 Å². The number of thiazole rings is 1. The molecule has 4 aromatic rings. The maximum atomic E-state index is 12.7. The Kier molecular flexibility index (Phi) is 4.45. The van der Waals surface area contributed by atoms with Crippen LogP contribution in [0.5, 0.6) is 0 Å². The number of carbonyl (C=O) groups is 1. The normalized spacial score (nSPS) is 11.0. The second kappa shape index (κ2) is 7.05. The van der Waals surface area contributed by atoms with Crippen molar-refractivity contribution in [1.29, 1.82) is 0 Å². The quantitative estimate of drug-likeness (QED) is 0.576. The van der Waals surface area contributed by atoms with E-state index in [0.717, 1.165) is 34.6 Å². The van der Waals surface area contributed by atoms with Crippen LogP contribution in [0.25, 0.3) is 21.6 Å². The maximum absolute atomic E-state index is 12.7. The summed E-state index contributed by atoms with van der Waals surface area (Å²) in [7, 11) is 0. The predicted molar refractivity (Wildman–Crippen MR) is 103 cm³/mol. The number of aromatic nitrogens is 4. The third kappa shape index (κ3) is 3.09. The number of pyridine rings is 1. The lowest BCUT2D eigenvalue weighted by Crippen LogP contribution is -2.16. The average Bonchev–Trinajstić information content (AvgIpc) is 3.29. The van der Waals surface area contributed by atoms with Crippen molar-refractivity contribution < 1.29 is 4.79 Å². The zero-order chi connectivity index (χ0) is 17.9. The van der Waals surface area contributed by atoms with Crippen molar-refractivity contribution >= 4 is 34.2 Å². The number of para-hydroxylation sites is 2. The third-order valence-corrected chi connectivity index (χ3v) is 4.88. The van der Waals surface area contributed by atoms with Crippen molar-refractivity contribution in [1.82, 2.24) is 19.5 Å². The van der Waals surface area contributed by atoms with Gasteiger partial charge in [0.15, 0.2) is 0 Å². The Morgan fingerprint density at radius 1 is 1.15 bits per heavy atom. The average molecular weight is 363 g/mol. The molecule has 0 atom stereocenters. The number of nitrogens with zero attached hydrogens (tertiary/aromatic N) is 4. The van der Waals surface area contributed by atoms with Crippen molar-refractivity contribution in [2.24, 2.45) is 0 Å². The summed E-state index contributed by atoms with van der Waals surface area (Å²) in [5, 5.41) is 5.46. The highest BCUT2D eigenvalue weighted by Gasteiger charge is 2.16. The molecule has 0 fully saturated rings. The molecule has 1 N–H and O–H groups in total. The van der Waals surface area contributed by atoms with E-state index in [4.69, 9.17) is 0 Å². The van der Waals surface area contributed by atoms with Crippen LogP contribution in [-0.4, -0.2) is 25.4 Å². The first-order valence-electron chi connectivity index (χ1n) is 8.39. The molecule has 1 aromatic carbocycles. The number of amides is 1. The SMILES string of the molecule is CCCn1c(NC(=O)c2csc(-c3ccncc3)n2)nc2ccccc21. The van der Waals surface area contributed by atoms with Crippen LogP contribution in [0.15, 0.2) is 54.2 Å². The van der Waals surface area contributed by atoms with Crippen LogP contribution in [0, 0.1) is 0 Å².